The number of ether oxygens (including phenoxy) is 1. The standard InChI is InChI=1S/C17H18Cl2N2O/c1-11-4-5-14(18)17(15(11)19)22-16(13-6-8-21-10-13)12-3-2-7-20-9-12/h2-5,7,9,13,16,21H,6,8,10H2,1H3. The Kier molecular flexibility index (Phi) is 4.87. The van der Waals surface area contributed by atoms with Crippen LogP contribution in [0.4, 0.5) is 0 Å². The van der Waals surface area contributed by atoms with Gasteiger partial charge in [0, 0.05) is 30.4 Å². The van der Waals surface area contributed by atoms with Gasteiger partial charge in [-0.1, -0.05) is 35.3 Å². The first-order valence-corrected chi connectivity index (χ1v) is 8.14. The van der Waals surface area contributed by atoms with E-state index in [-0.39, 0.29) is 6.10 Å². The molecule has 1 aromatic heterocycles. The minimum Gasteiger partial charge on any atom is -0.482 e. The van der Waals surface area contributed by atoms with Crippen molar-refractivity contribution in [3.63, 3.8) is 0 Å². The molecule has 1 fully saturated rings. The molecule has 0 bridgehead atoms. The molecular weight excluding hydrogens is 319 g/mol. The first-order valence-electron chi connectivity index (χ1n) is 7.38. The topological polar surface area (TPSA) is 34.1 Å². The molecule has 1 N–H and O–H groups in total. The van der Waals surface area contributed by atoms with Gasteiger partial charge in [0.05, 0.1) is 10.0 Å². The van der Waals surface area contributed by atoms with Crippen LogP contribution < -0.4 is 10.1 Å². The first-order chi connectivity index (χ1) is 10.7. The molecule has 2 unspecified atom stereocenters. The molecule has 3 nitrogen and oxygen atoms in total. The number of benzene rings is 1. The molecule has 2 atom stereocenters. The molecule has 0 radical (unpaired) electrons. The van der Waals surface area contributed by atoms with Gasteiger partial charge in [0.25, 0.3) is 0 Å². The molecule has 0 amide bonds. The SMILES string of the molecule is Cc1ccc(Cl)c(OC(c2cccnc2)C2CCNC2)c1Cl. The molecule has 2 aromatic rings. The van der Waals surface area contributed by atoms with Crippen LogP contribution >= 0.6 is 23.2 Å². The minimum absolute atomic E-state index is 0.111. The zero-order valence-electron chi connectivity index (χ0n) is 12.4. The summed E-state index contributed by atoms with van der Waals surface area (Å²) in [5, 5.41) is 4.50. The summed E-state index contributed by atoms with van der Waals surface area (Å²) >= 11 is 12.7. The number of hydrogen-bond acceptors (Lipinski definition) is 3. The molecule has 0 aliphatic carbocycles. The number of aryl methyl sites for hydroxylation is 1. The lowest BCUT2D eigenvalue weighted by Gasteiger charge is -2.26. The molecule has 22 heavy (non-hydrogen) atoms. The van der Waals surface area contributed by atoms with Gasteiger partial charge >= 0.3 is 0 Å². The molecule has 3 rings (SSSR count). The van der Waals surface area contributed by atoms with Gasteiger partial charge in [-0.25, -0.2) is 0 Å². The van der Waals surface area contributed by atoms with Gasteiger partial charge in [-0.2, -0.15) is 0 Å². The molecule has 116 valence electrons. The predicted molar refractivity (Wildman–Crippen MR) is 89.8 cm³/mol. The lowest BCUT2D eigenvalue weighted by atomic mass is 9.96. The normalized spacial score (nSPS) is 19.1. The highest BCUT2D eigenvalue weighted by molar-refractivity contribution is 6.37. The van der Waals surface area contributed by atoms with Crippen LogP contribution in [-0.2, 0) is 0 Å². The molecule has 5 heteroatoms. The highest BCUT2D eigenvalue weighted by atomic mass is 35.5. The molecule has 0 saturated carbocycles. The third-order valence-corrected chi connectivity index (χ3v) is 4.79. The van der Waals surface area contributed by atoms with Gasteiger partial charge in [0.15, 0.2) is 5.75 Å². The highest BCUT2D eigenvalue weighted by Crippen LogP contribution is 2.40. The van der Waals surface area contributed by atoms with Crippen LogP contribution in [-0.4, -0.2) is 18.1 Å². The molecular formula is C17H18Cl2N2O. The molecule has 2 heterocycles. The van der Waals surface area contributed by atoms with Crippen molar-refractivity contribution in [1.29, 1.82) is 0 Å². The molecule has 1 saturated heterocycles. The number of rotatable bonds is 4. The second kappa shape index (κ2) is 6.86. The number of nitrogens with zero attached hydrogens (tertiary/aromatic N) is 1. The van der Waals surface area contributed by atoms with Crippen molar-refractivity contribution in [1.82, 2.24) is 10.3 Å². The van der Waals surface area contributed by atoms with Crippen LogP contribution in [0.2, 0.25) is 10.0 Å². The maximum Gasteiger partial charge on any atom is 0.157 e. The largest absolute Gasteiger partial charge is 0.482 e. The van der Waals surface area contributed by atoms with Crippen molar-refractivity contribution in [2.75, 3.05) is 13.1 Å². The van der Waals surface area contributed by atoms with Crippen LogP contribution in [0, 0.1) is 12.8 Å². The lowest BCUT2D eigenvalue weighted by molar-refractivity contribution is 0.144. The van der Waals surface area contributed by atoms with Crippen molar-refractivity contribution in [2.45, 2.75) is 19.4 Å². The minimum atomic E-state index is -0.111. The van der Waals surface area contributed by atoms with E-state index >= 15 is 0 Å². The summed E-state index contributed by atoms with van der Waals surface area (Å²) in [7, 11) is 0. The van der Waals surface area contributed by atoms with E-state index in [2.05, 4.69) is 10.3 Å². The van der Waals surface area contributed by atoms with E-state index in [4.69, 9.17) is 27.9 Å². The van der Waals surface area contributed by atoms with Crippen molar-refractivity contribution in [3.05, 3.63) is 57.8 Å². The van der Waals surface area contributed by atoms with Gasteiger partial charge < -0.3 is 10.1 Å². The Morgan fingerprint density at radius 1 is 1.32 bits per heavy atom. The van der Waals surface area contributed by atoms with Gasteiger partial charge in [-0.15, -0.1) is 0 Å². The van der Waals surface area contributed by atoms with E-state index in [0.717, 1.165) is 30.6 Å². The molecule has 1 aliphatic heterocycles. The molecule has 1 aliphatic rings. The Labute approximate surface area is 140 Å². The number of hydrogen-bond donors (Lipinski definition) is 1. The predicted octanol–water partition coefficient (Wildman–Crippen LogP) is 4.43. The van der Waals surface area contributed by atoms with E-state index in [1.165, 1.54) is 0 Å². The quantitative estimate of drug-likeness (QED) is 0.896. The fourth-order valence-corrected chi connectivity index (χ4v) is 3.24. The van der Waals surface area contributed by atoms with Gasteiger partial charge in [-0.05, 0) is 37.6 Å². The highest BCUT2D eigenvalue weighted by Gasteiger charge is 2.29. The summed E-state index contributed by atoms with van der Waals surface area (Å²) in [4.78, 5) is 4.21. The molecule has 1 aromatic carbocycles. The van der Waals surface area contributed by atoms with Crippen LogP contribution in [0.1, 0.15) is 23.7 Å². The summed E-state index contributed by atoms with van der Waals surface area (Å²) in [6.45, 7) is 3.86. The fraction of sp³-hybridized carbons (Fsp3) is 0.353. The maximum atomic E-state index is 6.40. The van der Waals surface area contributed by atoms with Crippen molar-refractivity contribution < 1.29 is 4.74 Å². The van der Waals surface area contributed by atoms with E-state index in [0.29, 0.717) is 21.7 Å². The zero-order chi connectivity index (χ0) is 15.5. The van der Waals surface area contributed by atoms with E-state index < -0.39 is 0 Å². The summed E-state index contributed by atoms with van der Waals surface area (Å²) in [5.74, 6) is 0.931. The third kappa shape index (κ3) is 3.22. The Hall–Kier alpha value is -1.29. The second-order valence-corrected chi connectivity index (χ2v) is 6.37. The summed E-state index contributed by atoms with van der Waals surface area (Å²) < 4.78 is 6.28. The zero-order valence-corrected chi connectivity index (χ0v) is 13.9. The smallest absolute Gasteiger partial charge is 0.157 e. The number of halogens is 2. The summed E-state index contributed by atoms with van der Waals surface area (Å²) in [6.07, 6.45) is 4.56. The summed E-state index contributed by atoms with van der Waals surface area (Å²) in [6, 6.07) is 7.68. The monoisotopic (exact) mass is 336 g/mol. The van der Waals surface area contributed by atoms with E-state index in [9.17, 15) is 0 Å². The van der Waals surface area contributed by atoms with E-state index in [1.807, 2.05) is 37.4 Å². The Bertz CT molecular complexity index is 643. The van der Waals surface area contributed by atoms with Crippen LogP contribution in [0.5, 0.6) is 5.75 Å². The average Bonchev–Trinajstić information content (AvgIpc) is 3.06. The number of nitrogens with one attached hydrogen (secondary N) is 1. The fourth-order valence-electron chi connectivity index (χ4n) is 2.78. The lowest BCUT2D eigenvalue weighted by Crippen LogP contribution is -2.21. The summed E-state index contributed by atoms with van der Waals surface area (Å²) in [5.41, 5.74) is 2.00. The van der Waals surface area contributed by atoms with Crippen LogP contribution in [0.3, 0.4) is 0 Å². The first kappa shape index (κ1) is 15.6. The number of pyridine rings is 1. The number of aromatic nitrogens is 1. The van der Waals surface area contributed by atoms with Crippen LogP contribution in [0.15, 0.2) is 36.7 Å². The van der Waals surface area contributed by atoms with Crippen molar-refractivity contribution in [3.8, 4) is 5.75 Å². The van der Waals surface area contributed by atoms with Gasteiger partial charge in [0.1, 0.15) is 6.10 Å². The second-order valence-electron chi connectivity index (χ2n) is 5.59. The Balaban J connectivity index is 1.95. The van der Waals surface area contributed by atoms with E-state index in [1.54, 1.807) is 6.20 Å². The van der Waals surface area contributed by atoms with Crippen molar-refractivity contribution in [2.24, 2.45) is 5.92 Å². The third-order valence-electron chi connectivity index (χ3n) is 4.03. The van der Waals surface area contributed by atoms with Crippen molar-refractivity contribution >= 4 is 23.2 Å². The maximum absolute atomic E-state index is 6.40. The van der Waals surface area contributed by atoms with Crippen LogP contribution in [0.25, 0.3) is 0 Å². The van der Waals surface area contributed by atoms with Gasteiger partial charge in [0.2, 0.25) is 0 Å². The Morgan fingerprint density at radius 3 is 2.86 bits per heavy atom. The molecule has 0 spiro atoms. The van der Waals surface area contributed by atoms with Gasteiger partial charge in [-0.3, -0.25) is 4.98 Å². The Morgan fingerprint density at radius 2 is 2.18 bits per heavy atom. The average molecular weight is 337 g/mol.